The van der Waals surface area contributed by atoms with Gasteiger partial charge in [-0.05, 0) is 111 Å². The van der Waals surface area contributed by atoms with Gasteiger partial charge in [0.1, 0.15) is 5.75 Å². The van der Waals surface area contributed by atoms with Gasteiger partial charge in [0.15, 0.2) is 0 Å². The number of rotatable bonds is 4. The molecule has 4 rings (SSSR count). The zero-order valence-electron chi connectivity index (χ0n) is 17.3. The van der Waals surface area contributed by atoms with Gasteiger partial charge in [-0.3, -0.25) is 0 Å². The highest BCUT2D eigenvalue weighted by Crippen LogP contribution is 2.54. The SMILES string of the molecule is CCC=C[C@@H]1CC[C@H]2[C@H](CC[C@H]3C[C@H](c4ccc(OC(F)(F)F)cc4)CC[C@@H]32)C1. The van der Waals surface area contributed by atoms with Gasteiger partial charge in [-0.1, -0.05) is 31.2 Å². The molecule has 0 heterocycles. The highest BCUT2D eigenvalue weighted by atomic mass is 19.4. The summed E-state index contributed by atoms with van der Waals surface area (Å²) in [5.41, 5.74) is 1.17. The first-order valence-electron chi connectivity index (χ1n) is 11.4. The summed E-state index contributed by atoms with van der Waals surface area (Å²) in [7, 11) is 0. The summed E-state index contributed by atoms with van der Waals surface area (Å²) in [5, 5.41) is 0. The molecule has 0 spiro atoms. The maximum Gasteiger partial charge on any atom is 0.573 e. The van der Waals surface area contributed by atoms with E-state index in [4.69, 9.17) is 0 Å². The van der Waals surface area contributed by atoms with Crippen LogP contribution in [0, 0.1) is 29.6 Å². The van der Waals surface area contributed by atoms with Crippen LogP contribution in [-0.4, -0.2) is 6.36 Å². The van der Waals surface area contributed by atoms with Gasteiger partial charge in [-0.15, -0.1) is 13.2 Å². The number of hydrogen-bond acceptors (Lipinski definition) is 1. The maximum absolute atomic E-state index is 12.4. The van der Waals surface area contributed by atoms with Crippen molar-refractivity contribution in [1.29, 1.82) is 0 Å². The minimum Gasteiger partial charge on any atom is -0.406 e. The van der Waals surface area contributed by atoms with Gasteiger partial charge in [-0.2, -0.15) is 0 Å². The molecular formula is C25H33F3O. The number of allylic oxidation sites excluding steroid dienone is 2. The summed E-state index contributed by atoms with van der Waals surface area (Å²) in [6.07, 6.45) is 11.8. The number of ether oxygens (including phenoxy) is 1. The third kappa shape index (κ3) is 5.00. The minimum atomic E-state index is -4.62. The molecule has 0 N–H and O–H groups in total. The molecule has 1 aromatic carbocycles. The van der Waals surface area contributed by atoms with Crippen LogP contribution in [-0.2, 0) is 0 Å². The van der Waals surface area contributed by atoms with Crippen LogP contribution in [0.2, 0.25) is 0 Å². The maximum atomic E-state index is 12.4. The summed E-state index contributed by atoms with van der Waals surface area (Å²) < 4.78 is 41.1. The van der Waals surface area contributed by atoms with Gasteiger partial charge >= 0.3 is 6.36 Å². The van der Waals surface area contributed by atoms with Gasteiger partial charge < -0.3 is 4.74 Å². The van der Waals surface area contributed by atoms with Gasteiger partial charge in [0.25, 0.3) is 0 Å². The molecule has 0 unspecified atom stereocenters. The Morgan fingerprint density at radius 1 is 0.897 bits per heavy atom. The van der Waals surface area contributed by atoms with E-state index in [9.17, 15) is 13.2 Å². The zero-order valence-corrected chi connectivity index (χ0v) is 17.3. The molecule has 0 aromatic heterocycles. The van der Waals surface area contributed by atoms with Crippen LogP contribution in [0.5, 0.6) is 5.75 Å². The Balaban J connectivity index is 1.35. The summed E-state index contributed by atoms with van der Waals surface area (Å²) in [6, 6.07) is 6.61. The van der Waals surface area contributed by atoms with Gasteiger partial charge in [0, 0.05) is 0 Å². The molecule has 0 saturated heterocycles. The molecule has 3 aliphatic rings. The number of alkyl halides is 3. The summed E-state index contributed by atoms with van der Waals surface area (Å²) in [6.45, 7) is 2.21. The second-order valence-electron chi connectivity index (χ2n) is 9.46. The molecular weight excluding hydrogens is 373 g/mol. The molecule has 1 aromatic rings. The Morgan fingerprint density at radius 3 is 2.21 bits per heavy atom. The number of fused-ring (bicyclic) bond motifs is 3. The van der Waals surface area contributed by atoms with Crippen molar-refractivity contribution >= 4 is 0 Å². The second-order valence-corrected chi connectivity index (χ2v) is 9.46. The molecule has 3 saturated carbocycles. The average molecular weight is 407 g/mol. The fourth-order valence-corrected chi connectivity index (χ4v) is 6.58. The smallest absolute Gasteiger partial charge is 0.406 e. The number of hydrogen-bond donors (Lipinski definition) is 0. The van der Waals surface area contributed by atoms with Crippen LogP contribution in [0.3, 0.4) is 0 Å². The monoisotopic (exact) mass is 406 g/mol. The third-order valence-corrected chi connectivity index (χ3v) is 7.81. The fourth-order valence-electron chi connectivity index (χ4n) is 6.58. The predicted octanol–water partition coefficient (Wildman–Crippen LogP) is 7.88. The van der Waals surface area contributed by atoms with Crippen molar-refractivity contribution in [1.82, 2.24) is 0 Å². The quantitative estimate of drug-likeness (QED) is 0.462. The molecule has 3 fully saturated rings. The molecule has 3 aliphatic carbocycles. The number of halogens is 3. The summed E-state index contributed by atoms with van der Waals surface area (Å²) >= 11 is 0. The van der Waals surface area contributed by atoms with Crippen LogP contribution in [0.1, 0.15) is 76.2 Å². The van der Waals surface area contributed by atoms with E-state index in [1.807, 2.05) is 12.1 Å². The predicted molar refractivity (Wildman–Crippen MR) is 110 cm³/mol. The highest BCUT2D eigenvalue weighted by Gasteiger charge is 2.44. The van der Waals surface area contributed by atoms with E-state index in [2.05, 4.69) is 23.8 Å². The van der Waals surface area contributed by atoms with Crippen LogP contribution in [0.25, 0.3) is 0 Å². The lowest BCUT2D eigenvalue weighted by molar-refractivity contribution is -0.274. The topological polar surface area (TPSA) is 9.23 Å². The van der Waals surface area contributed by atoms with Crippen molar-refractivity contribution in [3.63, 3.8) is 0 Å². The lowest BCUT2D eigenvalue weighted by Gasteiger charge is -2.50. The second kappa shape index (κ2) is 8.73. The Hall–Kier alpha value is -1.45. The van der Waals surface area contributed by atoms with Crippen LogP contribution in [0.15, 0.2) is 36.4 Å². The summed E-state index contributed by atoms with van der Waals surface area (Å²) in [5.74, 6) is 4.63. The standard InChI is InChI=1S/C25H33F3O/c1-2-3-4-17-5-13-23-20(15-17)6-7-21-16-19(10-14-24(21)23)18-8-11-22(12-9-18)29-25(26,27)28/h3-4,8-9,11-12,17,19-21,23-24H,2,5-7,10,13-16H2,1H3/t17-,19-,20-,21+,23+,24+/m1/s1. The lowest BCUT2D eigenvalue weighted by Crippen LogP contribution is -2.41. The van der Waals surface area contributed by atoms with Crippen molar-refractivity contribution in [2.24, 2.45) is 29.6 Å². The van der Waals surface area contributed by atoms with Crippen molar-refractivity contribution in [3.05, 3.63) is 42.0 Å². The van der Waals surface area contributed by atoms with E-state index < -0.39 is 6.36 Å². The molecule has 6 atom stereocenters. The largest absolute Gasteiger partial charge is 0.573 e. The Kier molecular flexibility index (Phi) is 6.27. The average Bonchev–Trinajstić information content (AvgIpc) is 2.71. The lowest BCUT2D eigenvalue weighted by atomic mass is 9.55. The van der Waals surface area contributed by atoms with Crippen molar-refractivity contribution in [2.75, 3.05) is 0 Å². The van der Waals surface area contributed by atoms with Gasteiger partial charge in [0.2, 0.25) is 0 Å². The highest BCUT2D eigenvalue weighted by molar-refractivity contribution is 5.30. The molecule has 0 bridgehead atoms. The zero-order chi connectivity index (χ0) is 20.4. The van der Waals surface area contributed by atoms with Crippen LogP contribution < -0.4 is 4.74 Å². The van der Waals surface area contributed by atoms with E-state index in [0.29, 0.717) is 5.92 Å². The molecule has 0 amide bonds. The molecule has 4 heteroatoms. The van der Waals surface area contributed by atoms with E-state index in [0.717, 1.165) is 36.0 Å². The molecule has 0 aliphatic heterocycles. The van der Waals surface area contributed by atoms with Crippen molar-refractivity contribution in [2.45, 2.75) is 77.0 Å². The van der Waals surface area contributed by atoms with Gasteiger partial charge in [-0.25, -0.2) is 0 Å². The first-order chi connectivity index (χ1) is 13.9. The molecule has 0 radical (unpaired) electrons. The van der Waals surface area contributed by atoms with E-state index >= 15 is 0 Å². The van der Waals surface area contributed by atoms with Crippen LogP contribution in [0.4, 0.5) is 13.2 Å². The van der Waals surface area contributed by atoms with Gasteiger partial charge in [0.05, 0.1) is 0 Å². The Morgan fingerprint density at radius 2 is 1.55 bits per heavy atom. The minimum absolute atomic E-state index is 0.121. The third-order valence-electron chi connectivity index (χ3n) is 7.81. The molecule has 29 heavy (non-hydrogen) atoms. The van der Waals surface area contributed by atoms with E-state index in [-0.39, 0.29) is 5.75 Å². The van der Waals surface area contributed by atoms with Crippen molar-refractivity contribution < 1.29 is 17.9 Å². The number of benzene rings is 1. The van der Waals surface area contributed by atoms with E-state index in [1.165, 1.54) is 69.1 Å². The Labute approximate surface area is 172 Å². The summed E-state index contributed by atoms with van der Waals surface area (Å²) in [4.78, 5) is 0. The first kappa shape index (κ1) is 20.8. The van der Waals surface area contributed by atoms with Crippen molar-refractivity contribution in [3.8, 4) is 5.75 Å². The first-order valence-corrected chi connectivity index (χ1v) is 11.4. The normalized spacial score (nSPS) is 35.2. The molecule has 160 valence electrons. The molecule has 1 nitrogen and oxygen atoms in total. The Bertz CT molecular complexity index is 693. The fraction of sp³-hybridized carbons (Fsp3) is 0.680. The van der Waals surface area contributed by atoms with Crippen LogP contribution >= 0.6 is 0 Å². The van der Waals surface area contributed by atoms with E-state index in [1.54, 1.807) is 0 Å².